The van der Waals surface area contributed by atoms with E-state index in [-0.39, 0.29) is 11.8 Å². The summed E-state index contributed by atoms with van der Waals surface area (Å²) in [4.78, 5) is 33.4. The highest BCUT2D eigenvalue weighted by molar-refractivity contribution is 6.36. The summed E-state index contributed by atoms with van der Waals surface area (Å²) in [6.45, 7) is 5.11. The third kappa shape index (κ3) is 3.88. The molecule has 2 amide bonds. The lowest BCUT2D eigenvalue weighted by molar-refractivity contribution is -0.110. The van der Waals surface area contributed by atoms with Gasteiger partial charge in [0.1, 0.15) is 5.75 Å². The van der Waals surface area contributed by atoms with Gasteiger partial charge in [0.2, 0.25) is 0 Å². The minimum Gasteiger partial charge on any atom is -0.497 e. The summed E-state index contributed by atoms with van der Waals surface area (Å²) in [5, 5.41) is 2.98. The molecule has 174 valence electrons. The number of piperazine rings is 1. The Balaban J connectivity index is 1.50. The Labute approximate surface area is 199 Å². The number of hydrogen-bond donors (Lipinski definition) is 2. The number of H-pyrrole nitrogens is 1. The standard InChI is InChI=1S/C27H28N4O3/c1-17-22(27(33)31-13-11-30(2)12-14-31)16-28-24(17)15-21-25-20(5-4-6-23(25)29-26(21)32)18-7-9-19(34-3)10-8-18/h4-10,15-16,28H,11-14H2,1-3H3,(H,29,32). The van der Waals surface area contributed by atoms with E-state index in [1.807, 2.05) is 60.4 Å². The zero-order chi connectivity index (χ0) is 23.8. The molecule has 0 bridgehead atoms. The number of rotatable bonds is 4. The van der Waals surface area contributed by atoms with E-state index in [4.69, 9.17) is 4.74 Å². The minimum atomic E-state index is -0.156. The largest absolute Gasteiger partial charge is 0.497 e. The van der Waals surface area contributed by atoms with E-state index < -0.39 is 0 Å². The molecule has 1 aromatic heterocycles. The van der Waals surface area contributed by atoms with E-state index >= 15 is 0 Å². The average Bonchev–Trinajstić information content (AvgIpc) is 3.38. The fourth-order valence-electron chi connectivity index (χ4n) is 4.61. The van der Waals surface area contributed by atoms with Gasteiger partial charge in [-0.15, -0.1) is 0 Å². The van der Waals surface area contributed by atoms with E-state index in [9.17, 15) is 9.59 Å². The van der Waals surface area contributed by atoms with Crippen LogP contribution in [0.2, 0.25) is 0 Å². The van der Waals surface area contributed by atoms with Crippen LogP contribution in [0.3, 0.4) is 0 Å². The Morgan fingerprint density at radius 3 is 2.50 bits per heavy atom. The van der Waals surface area contributed by atoms with Crippen molar-refractivity contribution < 1.29 is 14.3 Å². The van der Waals surface area contributed by atoms with Gasteiger partial charge in [-0.2, -0.15) is 0 Å². The molecule has 3 aromatic rings. The highest BCUT2D eigenvalue weighted by Crippen LogP contribution is 2.41. The first-order chi connectivity index (χ1) is 16.5. The number of amides is 2. The number of methoxy groups -OCH3 is 1. The van der Waals surface area contributed by atoms with Crippen molar-refractivity contribution in [2.75, 3.05) is 45.7 Å². The number of hydrogen-bond acceptors (Lipinski definition) is 4. The lowest BCUT2D eigenvalue weighted by Gasteiger charge is -2.32. The SMILES string of the molecule is COc1ccc(-c2cccc3c2C(=Cc2[nH]cc(C(=O)N4CCN(C)CC4)c2C)C(=O)N3)cc1. The maximum atomic E-state index is 13.1. The lowest BCUT2D eigenvalue weighted by Crippen LogP contribution is -2.47. The molecule has 2 aliphatic rings. The summed E-state index contributed by atoms with van der Waals surface area (Å²) in [5.74, 6) is 0.652. The lowest BCUT2D eigenvalue weighted by atomic mass is 9.94. The number of likely N-dealkylation sites (N-methyl/N-ethyl adjacent to an activating group) is 1. The quantitative estimate of drug-likeness (QED) is 0.584. The second kappa shape index (κ2) is 8.83. The molecule has 0 saturated carbocycles. The van der Waals surface area contributed by atoms with Crippen LogP contribution in [0.25, 0.3) is 22.8 Å². The van der Waals surface area contributed by atoms with Crippen LogP contribution in [-0.4, -0.2) is 66.9 Å². The van der Waals surface area contributed by atoms with Gasteiger partial charge in [-0.05, 0) is 54.9 Å². The number of nitrogens with one attached hydrogen (secondary N) is 2. The summed E-state index contributed by atoms with van der Waals surface area (Å²) >= 11 is 0. The molecule has 0 spiro atoms. The molecule has 1 fully saturated rings. The van der Waals surface area contributed by atoms with Crippen LogP contribution in [0, 0.1) is 6.92 Å². The number of benzene rings is 2. The van der Waals surface area contributed by atoms with Gasteiger partial charge in [0.05, 0.1) is 18.2 Å². The van der Waals surface area contributed by atoms with Gasteiger partial charge in [0.25, 0.3) is 11.8 Å². The summed E-state index contributed by atoms with van der Waals surface area (Å²) in [6.07, 6.45) is 3.61. The predicted octanol–water partition coefficient (Wildman–Crippen LogP) is 3.88. The van der Waals surface area contributed by atoms with Crippen molar-refractivity contribution in [3.8, 4) is 16.9 Å². The Morgan fingerprint density at radius 1 is 1.06 bits per heavy atom. The Bertz CT molecular complexity index is 1280. The number of carbonyl (C=O) groups excluding carboxylic acids is 2. The van der Waals surface area contributed by atoms with Gasteiger partial charge in [0, 0.05) is 49.3 Å². The molecule has 2 N–H and O–H groups in total. The van der Waals surface area contributed by atoms with Gasteiger partial charge in [0.15, 0.2) is 0 Å². The molecular formula is C27H28N4O3. The van der Waals surface area contributed by atoms with Crippen LogP contribution >= 0.6 is 0 Å². The van der Waals surface area contributed by atoms with Crippen LogP contribution in [0.1, 0.15) is 27.2 Å². The second-order valence-electron chi connectivity index (χ2n) is 8.81. The van der Waals surface area contributed by atoms with Crippen molar-refractivity contribution >= 4 is 29.2 Å². The predicted molar refractivity (Wildman–Crippen MR) is 134 cm³/mol. The zero-order valence-corrected chi connectivity index (χ0v) is 19.6. The van der Waals surface area contributed by atoms with Gasteiger partial charge in [-0.25, -0.2) is 0 Å². The fraction of sp³-hybridized carbons (Fsp3) is 0.259. The van der Waals surface area contributed by atoms with Crippen molar-refractivity contribution in [1.82, 2.24) is 14.8 Å². The Kier molecular flexibility index (Phi) is 5.71. The number of ether oxygens (including phenoxy) is 1. The van der Waals surface area contributed by atoms with Crippen molar-refractivity contribution in [3.63, 3.8) is 0 Å². The number of anilines is 1. The highest BCUT2D eigenvalue weighted by Gasteiger charge is 2.29. The molecule has 0 aliphatic carbocycles. The van der Waals surface area contributed by atoms with E-state index in [1.54, 1.807) is 13.3 Å². The first-order valence-corrected chi connectivity index (χ1v) is 11.4. The number of aromatic nitrogens is 1. The van der Waals surface area contributed by atoms with Crippen LogP contribution in [0.15, 0.2) is 48.7 Å². The molecule has 34 heavy (non-hydrogen) atoms. The van der Waals surface area contributed by atoms with E-state index in [2.05, 4.69) is 22.2 Å². The monoisotopic (exact) mass is 456 g/mol. The molecule has 1 saturated heterocycles. The van der Waals surface area contributed by atoms with Gasteiger partial charge in [-0.1, -0.05) is 24.3 Å². The molecule has 2 aromatic carbocycles. The van der Waals surface area contributed by atoms with Gasteiger partial charge in [-0.3, -0.25) is 9.59 Å². The molecule has 0 radical (unpaired) electrons. The Morgan fingerprint density at radius 2 is 1.79 bits per heavy atom. The summed E-state index contributed by atoms with van der Waals surface area (Å²) in [5.41, 5.74) is 6.43. The number of carbonyl (C=O) groups is 2. The highest BCUT2D eigenvalue weighted by atomic mass is 16.5. The van der Waals surface area contributed by atoms with Crippen molar-refractivity contribution in [1.29, 1.82) is 0 Å². The topological polar surface area (TPSA) is 77.7 Å². The molecular weight excluding hydrogens is 428 g/mol. The fourth-order valence-corrected chi connectivity index (χ4v) is 4.61. The summed E-state index contributed by atoms with van der Waals surface area (Å²) in [6, 6.07) is 13.7. The number of aromatic amines is 1. The van der Waals surface area contributed by atoms with Crippen LogP contribution in [-0.2, 0) is 4.79 Å². The van der Waals surface area contributed by atoms with Gasteiger partial charge >= 0.3 is 0 Å². The van der Waals surface area contributed by atoms with Crippen LogP contribution in [0.5, 0.6) is 5.75 Å². The third-order valence-electron chi connectivity index (χ3n) is 6.72. The van der Waals surface area contributed by atoms with Crippen LogP contribution < -0.4 is 10.1 Å². The zero-order valence-electron chi connectivity index (χ0n) is 19.6. The first-order valence-electron chi connectivity index (χ1n) is 11.4. The van der Waals surface area contributed by atoms with Crippen molar-refractivity contribution in [2.45, 2.75) is 6.92 Å². The summed E-state index contributed by atoms with van der Waals surface area (Å²) < 4.78 is 5.28. The second-order valence-corrected chi connectivity index (χ2v) is 8.81. The normalized spacial score (nSPS) is 17.1. The summed E-state index contributed by atoms with van der Waals surface area (Å²) in [7, 11) is 3.71. The van der Waals surface area contributed by atoms with E-state index in [0.717, 1.165) is 65.6 Å². The Hall–Kier alpha value is -3.84. The van der Waals surface area contributed by atoms with Crippen molar-refractivity contribution in [3.05, 3.63) is 71.0 Å². The smallest absolute Gasteiger partial charge is 0.256 e. The maximum Gasteiger partial charge on any atom is 0.256 e. The molecule has 0 atom stereocenters. The maximum absolute atomic E-state index is 13.1. The van der Waals surface area contributed by atoms with E-state index in [1.165, 1.54) is 0 Å². The average molecular weight is 457 g/mol. The molecule has 7 heteroatoms. The number of nitrogens with zero attached hydrogens (tertiary/aromatic N) is 2. The number of fused-ring (bicyclic) bond motifs is 1. The first kappa shape index (κ1) is 22.0. The van der Waals surface area contributed by atoms with Crippen LogP contribution in [0.4, 0.5) is 5.69 Å². The molecule has 2 aliphatic heterocycles. The third-order valence-corrected chi connectivity index (χ3v) is 6.72. The molecule has 5 rings (SSSR count). The van der Waals surface area contributed by atoms with Gasteiger partial charge < -0.3 is 24.8 Å². The molecule has 0 unspecified atom stereocenters. The van der Waals surface area contributed by atoms with Crippen molar-refractivity contribution in [2.24, 2.45) is 0 Å². The molecule has 3 heterocycles. The minimum absolute atomic E-state index is 0.0293. The van der Waals surface area contributed by atoms with E-state index in [0.29, 0.717) is 11.1 Å². The molecule has 7 nitrogen and oxygen atoms in total.